The van der Waals surface area contributed by atoms with Crippen LogP contribution in [0.1, 0.15) is 41.3 Å². The Morgan fingerprint density at radius 2 is 1.89 bits per heavy atom. The van der Waals surface area contributed by atoms with Crippen LogP contribution in [0, 0.1) is 0 Å². The normalized spacial score (nSPS) is 10.4. The minimum atomic E-state index is -1.21. The Kier molecular flexibility index (Phi) is 7.05. The highest BCUT2D eigenvalue weighted by atomic mass is 16.6. The molecule has 0 spiro atoms. The fraction of sp³-hybridized carbons (Fsp3) is 0.263. The highest BCUT2D eigenvalue weighted by molar-refractivity contribution is 5.93. The maximum Gasteiger partial charge on any atom is 0.420 e. The first-order valence-electron chi connectivity index (χ1n) is 8.46. The quantitative estimate of drug-likeness (QED) is 0.655. The van der Waals surface area contributed by atoms with Gasteiger partial charge >= 0.3 is 12.1 Å². The molecule has 148 valence electrons. The van der Waals surface area contributed by atoms with E-state index in [0.29, 0.717) is 5.92 Å². The molecular weight excluding hydrogens is 366 g/mol. The molecule has 0 unspecified atom stereocenters. The molecule has 0 atom stereocenters. The number of carbonyl (C=O) groups is 3. The van der Waals surface area contributed by atoms with Crippen LogP contribution in [0.3, 0.4) is 0 Å². The van der Waals surface area contributed by atoms with Crippen LogP contribution in [-0.2, 0) is 11.4 Å². The summed E-state index contributed by atoms with van der Waals surface area (Å²) in [5.74, 6) is -1.89. The van der Waals surface area contributed by atoms with Crippen molar-refractivity contribution in [3.63, 3.8) is 0 Å². The molecule has 0 bridgehead atoms. The van der Waals surface area contributed by atoms with E-state index in [9.17, 15) is 14.4 Å². The monoisotopic (exact) mass is 387 g/mol. The summed E-state index contributed by atoms with van der Waals surface area (Å²) in [6, 6.07) is 8.90. The number of hydrogen-bond acceptors (Lipinski definition) is 7. The molecule has 2 aromatic rings. The maximum absolute atomic E-state index is 11.7. The standard InChI is InChI=1S/C19H21N3O6/c1-11(2)13-5-3-12(4-6-13)10-27-15-7-14(18(24)25)9-21-17(15)28-19(26)22-16(23)8-20/h3-7,9,11H,8,10,20H2,1-2H3,(H,24,25)(H,22,23,26). The molecule has 0 aliphatic carbocycles. The number of carboxylic acids is 1. The zero-order chi connectivity index (χ0) is 20.7. The number of imide groups is 1. The summed E-state index contributed by atoms with van der Waals surface area (Å²) in [5.41, 5.74) is 6.97. The molecule has 28 heavy (non-hydrogen) atoms. The number of pyridine rings is 1. The molecule has 0 fully saturated rings. The van der Waals surface area contributed by atoms with Crippen molar-refractivity contribution in [3.8, 4) is 11.6 Å². The zero-order valence-electron chi connectivity index (χ0n) is 15.5. The number of nitrogens with one attached hydrogen (secondary N) is 1. The van der Waals surface area contributed by atoms with Gasteiger partial charge < -0.3 is 20.3 Å². The second-order valence-corrected chi connectivity index (χ2v) is 6.16. The van der Waals surface area contributed by atoms with E-state index in [1.807, 2.05) is 29.6 Å². The van der Waals surface area contributed by atoms with Gasteiger partial charge in [-0.1, -0.05) is 38.1 Å². The van der Waals surface area contributed by atoms with Crippen LogP contribution in [0.5, 0.6) is 11.6 Å². The van der Waals surface area contributed by atoms with Gasteiger partial charge in [-0.25, -0.2) is 14.6 Å². The lowest BCUT2D eigenvalue weighted by Gasteiger charge is -2.12. The Bertz CT molecular complexity index is 864. The minimum Gasteiger partial charge on any atom is -0.483 e. The molecule has 0 radical (unpaired) electrons. The molecule has 1 heterocycles. The van der Waals surface area contributed by atoms with Gasteiger partial charge in [-0.2, -0.15) is 0 Å². The van der Waals surface area contributed by atoms with Crippen LogP contribution in [-0.4, -0.2) is 34.6 Å². The second kappa shape index (κ2) is 9.47. The summed E-state index contributed by atoms with van der Waals surface area (Å²) >= 11 is 0. The first kappa shape index (κ1) is 20.8. The van der Waals surface area contributed by atoms with Crippen molar-refractivity contribution < 1.29 is 29.0 Å². The lowest BCUT2D eigenvalue weighted by molar-refractivity contribution is -0.118. The third-order valence-corrected chi connectivity index (χ3v) is 3.72. The van der Waals surface area contributed by atoms with E-state index >= 15 is 0 Å². The number of ether oxygens (including phenoxy) is 2. The number of nitrogens with zero attached hydrogens (tertiary/aromatic N) is 1. The number of aromatic nitrogens is 1. The summed E-state index contributed by atoms with van der Waals surface area (Å²) in [6.45, 7) is 3.87. The number of amides is 2. The Morgan fingerprint density at radius 3 is 2.46 bits per heavy atom. The number of hydrogen-bond donors (Lipinski definition) is 3. The SMILES string of the molecule is CC(C)c1ccc(COc2cc(C(=O)O)cnc2OC(=O)NC(=O)CN)cc1. The molecule has 9 nitrogen and oxygen atoms in total. The largest absolute Gasteiger partial charge is 0.483 e. The molecule has 0 aliphatic rings. The predicted octanol–water partition coefficient (Wildman–Crippen LogP) is 2.06. The van der Waals surface area contributed by atoms with Gasteiger partial charge in [0.2, 0.25) is 5.91 Å². The van der Waals surface area contributed by atoms with Crippen molar-refractivity contribution in [1.82, 2.24) is 10.3 Å². The van der Waals surface area contributed by atoms with Crippen LogP contribution in [0.15, 0.2) is 36.5 Å². The number of aromatic carboxylic acids is 1. The molecule has 0 saturated heterocycles. The smallest absolute Gasteiger partial charge is 0.420 e. The molecule has 2 amide bonds. The van der Waals surface area contributed by atoms with E-state index in [1.54, 1.807) is 0 Å². The first-order chi connectivity index (χ1) is 13.3. The molecule has 1 aromatic carbocycles. The zero-order valence-corrected chi connectivity index (χ0v) is 15.5. The Hall–Kier alpha value is -3.46. The van der Waals surface area contributed by atoms with Gasteiger partial charge in [0.15, 0.2) is 5.75 Å². The highest BCUT2D eigenvalue weighted by Gasteiger charge is 2.17. The molecule has 9 heteroatoms. The van der Waals surface area contributed by atoms with E-state index < -0.39 is 24.5 Å². The average Bonchev–Trinajstić information content (AvgIpc) is 2.67. The van der Waals surface area contributed by atoms with Gasteiger partial charge in [0.25, 0.3) is 5.88 Å². The fourth-order valence-electron chi connectivity index (χ4n) is 2.17. The third kappa shape index (κ3) is 5.78. The Balaban J connectivity index is 2.17. The van der Waals surface area contributed by atoms with Crippen molar-refractivity contribution >= 4 is 18.0 Å². The maximum atomic E-state index is 11.7. The minimum absolute atomic E-state index is 0.0526. The van der Waals surface area contributed by atoms with Gasteiger partial charge in [0, 0.05) is 12.3 Å². The van der Waals surface area contributed by atoms with Gasteiger partial charge in [-0.05, 0) is 17.0 Å². The summed E-state index contributed by atoms with van der Waals surface area (Å²) in [7, 11) is 0. The van der Waals surface area contributed by atoms with Crippen molar-refractivity contribution in [2.24, 2.45) is 5.73 Å². The summed E-state index contributed by atoms with van der Waals surface area (Å²) < 4.78 is 10.5. The topological polar surface area (TPSA) is 141 Å². The lowest BCUT2D eigenvalue weighted by atomic mass is 10.0. The molecule has 1 aromatic heterocycles. The lowest BCUT2D eigenvalue weighted by Crippen LogP contribution is -2.37. The second-order valence-electron chi connectivity index (χ2n) is 6.16. The van der Waals surface area contributed by atoms with E-state index in [0.717, 1.165) is 11.8 Å². The van der Waals surface area contributed by atoms with Crippen LogP contribution in [0.4, 0.5) is 4.79 Å². The number of nitrogens with two attached hydrogens (primary N) is 1. The number of benzene rings is 1. The number of carbonyl (C=O) groups excluding carboxylic acids is 2. The van der Waals surface area contributed by atoms with Gasteiger partial charge in [-0.3, -0.25) is 10.1 Å². The highest BCUT2D eigenvalue weighted by Crippen LogP contribution is 2.27. The van der Waals surface area contributed by atoms with E-state index in [2.05, 4.69) is 18.8 Å². The van der Waals surface area contributed by atoms with Gasteiger partial charge in [0.1, 0.15) is 6.61 Å². The van der Waals surface area contributed by atoms with Crippen LogP contribution >= 0.6 is 0 Å². The molecule has 0 aliphatic heterocycles. The number of rotatable bonds is 7. The van der Waals surface area contributed by atoms with Crippen molar-refractivity contribution in [3.05, 3.63) is 53.2 Å². The van der Waals surface area contributed by atoms with Crippen molar-refractivity contribution in [2.75, 3.05) is 6.54 Å². The van der Waals surface area contributed by atoms with E-state index in [-0.39, 0.29) is 23.8 Å². The Morgan fingerprint density at radius 1 is 1.21 bits per heavy atom. The molecule has 4 N–H and O–H groups in total. The van der Waals surface area contributed by atoms with Crippen LogP contribution < -0.4 is 20.5 Å². The summed E-state index contributed by atoms with van der Waals surface area (Å²) in [5, 5.41) is 11.0. The van der Waals surface area contributed by atoms with Crippen LogP contribution in [0.2, 0.25) is 0 Å². The van der Waals surface area contributed by atoms with Crippen molar-refractivity contribution in [1.29, 1.82) is 0 Å². The predicted molar refractivity (Wildman–Crippen MR) is 99.3 cm³/mol. The molecule has 0 saturated carbocycles. The number of carboxylic acid groups (broad SMARTS) is 1. The van der Waals surface area contributed by atoms with E-state index in [1.165, 1.54) is 11.6 Å². The summed E-state index contributed by atoms with van der Waals surface area (Å²) in [6.07, 6.45) is -0.0860. The fourth-order valence-corrected chi connectivity index (χ4v) is 2.17. The molecular formula is C19H21N3O6. The summed E-state index contributed by atoms with van der Waals surface area (Å²) in [4.78, 5) is 37.8. The average molecular weight is 387 g/mol. The molecule has 2 rings (SSSR count). The van der Waals surface area contributed by atoms with Gasteiger partial charge in [0.05, 0.1) is 12.1 Å². The third-order valence-electron chi connectivity index (χ3n) is 3.72. The first-order valence-corrected chi connectivity index (χ1v) is 8.46. The van der Waals surface area contributed by atoms with E-state index in [4.69, 9.17) is 20.3 Å². The van der Waals surface area contributed by atoms with Gasteiger partial charge in [-0.15, -0.1) is 0 Å². The van der Waals surface area contributed by atoms with Crippen molar-refractivity contribution in [2.45, 2.75) is 26.4 Å². The Labute approximate surface area is 161 Å². The van der Waals surface area contributed by atoms with Crippen LogP contribution in [0.25, 0.3) is 0 Å².